The van der Waals surface area contributed by atoms with E-state index in [1.54, 1.807) is 24.3 Å². The molecule has 0 spiro atoms. The SMILES string of the molecule is CNC(C)CCS(=O)(=O)c1ccccc1Br. The van der Waals surface area contributed by atoms with Crippen molar-refractivity contribution in [1.29, 1.82) is 0 Å². The molecule has 16 heavy (non-hydrogen) atoms. The molecule has 0 amide bonds. The van der Waals surface area contributed by atoms with Crippen LogP contribution >= 0.6 is 15.9 Å². The third-order valence-electron chi connectivity index (χ3n) is 2.48. The molecule has 90 valence electrons. The highest BCUT2D eigenvalue weighted by Crippen LogP contribution is 2.22. The van der Waals surface area contributed by atoms with Crippen molar-refractivity contribution in [3.05, 3.63) is 28.7 Å². The molecular weight excluding hydrogens is 290 g/mol. The van der Waals surface area contributed by atoms with Crippen LogP contribution in [-0.4, -0.2) is 27.3 Å². The Morgan fingerprint density at radius 1 is 1.38 bits per heavy atom. The van der Waals surface area contributed by atoms with Gasteiger partial charge in [0.25, 0.3) is 0 Å². The lowest BCUT2D eigenvalue weighted by Gasteiger charge is -2.11. The summed E-state index contributed by atoms with van der Waals surface area (Å²) in [6.07, 6.45) is 0.611. The maximum atomic E-state index is 12.0. The lowest BCUT2D eigenvalue weighted by atomic mass is 10.3. The number of halogens is 1. The molecule has 0 saturated heterocycles. The minimum atomic E-state index is -3.18. The summed E-state index contributed by atoms with van der Waals surface area (Å²) in [7, 11) is -1.35. The van der Waals surface area contributed by atoms with E-state index in [2.05, 4.69) is 21.2 Å². The zero-order valence-electron chi connectivity index (χ0n) is 9.40. The molecule has 0 saturated carbocycles. The van der Waals surface area contributed by atoms with Crippen LogP contribution in [0.3, 0.4) is 0 Å². The first-order valence-electron chi connectivity index (χ1n) is 5.12. The third kappa shape index (κ3) is 3.57. The molecular formula is C11H16BrNO2S. The van der Waals surface area contributed by atoms with Crippen molar-refractivity contribution >= 4 is 25.8 Å². The molecule has 1 unspecified atom stereocenters. The van der Waals surface area contributed by atoms with Crippen LogP contribution in [0.15, 0.2) is 33.6 Å². The molecule has 0 heterocycles. The highest BCUT2D eigenvalue weighted by atomic mass is 79.9. The van der Waals surface area contributed by atoms with Gasteiger partial charge in [0.2, 0.25) is 0 Å². The van der Waals surface area contributed by atoms with E-state index in [9.17, 15) is 8.42 Å². The fourth-order valence-electron chi connectivity index (χ4n) is 1.28. The lowest BCUT2D eigenvalue weighted by Crippen LogP contribution is -2.24. The van der Waals surface area contributed by atoms with Gasteiger partial charge < -0.3 is 5.32 Å². The van der Waals surface area contributed by atoms with Gasteiger partial charge in [0.05, 0.1) is 10.6 Å². The van der Waals surface area contributed by atoms with Crippen LogP contribution in [0.25, 0.3) is 0 Å². The zero-order valence-corrected chi connectivity index (χ0v) is 11.8. The van der Waals surface area contributed by atoms with E-state index < -0.39 is 9.84 Å². The molecule has 3 nitrogen and oxygen atoms in total. The number of hydrogen-bond acceptors (Lipinski definition) is 3. The molecule has 1 aromatic rings. The van der Waals surface area contributed by atoms with Gasteiger partial charge >= 0.3 is 0 Å². The molecule has 0 aliphatic rings. The predicted octanol–water partition coefficient (Wildman–Crippen LogP) is 2.22. The molecule has 0 aliphatic heterocycles. The Bertz CT molecular complexity index is 445. The van der Waals surface area contributed by atoms with Crippen LogP contribution in [0, 0.1) is 0 Å². The summed E-state index contributed by atoms with van der Waals surface area (Å²) in [5, 5.41) is 3.03. The van der Waals surface area contributed by atoms with Gasteiger partial charge in [-0.15, -0.1) is 0 Å². The third-order valence-corrected chi connectivity index (χ3v) is 5.24. The fourth-order valence-corrected chi connectivity index (χ4v) is 3.84. The number of benzene rings is 1. The fraction of sp³-hybridized carbons (Fsp3) is 0.455. The second-order valence-electron chi connectivity index (χ2n) is 3.73. The quantitative estimate of drug-likeness (QED) is 0.907. The number of sulfone groups is 1. The maximum Gasteiger partial charge on any atom is 0.179 e. The summed E-state index contributed by atoms with van der Waals surface area (Å²) < 4.78 is 24.7. The van der Waals surface area contributed by atoms with E-state index in [1.165, 1.54) is 0 Å². The van der Waals surface area contributed by atoms with Crippen LogP contribution in [0.4, 0.5) is 0 Å². The van der Waals surface area contributed by atoms with Crippen molar-refractivity contribution in [3.63, 3.8) is 0 Å². The van der Waals surface area contributed by atoms with Gasteiger partial charge in [0.15, 0.2) is 9.84 Å². The van der Waals surface area contributed by atoms with Crippen molar-refractivity contribution < 1.29 is 8.42 Å². The molecule has 0 radical (unpaired) electrons. The van der Waals surface area contributed by atoms with Gasteiger partial charge in [-0.3, -0.25) is 0 Å². The van der Waals surface area contributed by atoms with E-state index in [0.717, 1.165) is 0 Å². The molecule has 1 rings (SSSR count). The van der Waals surface area contributed by atoms with E-state index in [1.807, 2.05) is 14.0 Å². The van der Waals surface area contributed by atoms with Crippen molar-refractivity contribution in [2.24, 2.45) is 0 Å². The zero-order chi connectivity index (χ0) is 12.2. The van der Waals surface area contributed by atoms with Gasteiger partial charge in [-0.25, -0.2) is 8.42 Å². The smallest absolute Gasteiger partial charge is 0.179 e. The average Bonchev–Trinajstić information content (AvgIpc) is 2.26. The first-order valence-corrected chi connectivity index (χ1v) is 7.56. The van der Waals surface area contributed by atoms with Crippen LogP contribution in [0.1, 0.15) is 13.3 Å². The summed E-state index contributed by atoms with van der Waals surface area (Å²) >= 11 is 3.26. The van der Waals surface area contributed by atoms with E-state index >= 15 is 0 Å². The van der Waals surface area contributed by atoms with Crippen LogP contribution < -0.4 is 5.32 Å². The number of nitrogens with one attached hydrogen (secondary N) is 1. The van der Waals surface area contributed by atoms with Gasteiger partial charge in [-0.1, -0.05) is 12.1 Å². The molecule has 1 aromatic carbocycles. The van der Waals surface area contributed by atoms with Gasteiger partial charge in [0, 0.05) is 10.5 Å². The Kier molecular flexibility index (Phi) is 4.95. The molecule has 1 atom stereocenters. The number of hydrogen-bond donors (Lipinski definition) is 1. The maximum absolute atomic E-state index is 12.0. The molecule has 0 fully saturated rings. The Morgan fingerprint density at radius 3 is 2.56 bits per heavy atom. The highest BCUT2D eigenvalue weighted by molar-refractivity contribution is 9.10. The summed E-state index contributed by atoms with van der Waals surface area (Å²) in [6, 6.07) is 7.12. The summed E-state index contributed by atoms with van der Waals surface area (Å²) in [5.41, 5.74) is 0. The lowest BCUT2D eigenvalue weighted by molar-refractivity contribution is 0.565. The molecule has 5 heteroatoms. The minimum absolute atomic E-state index is 0.164. The molecule has 0 aliphatic carbocycles. The van der Waals surface area contributed by atoms with Gasteiger partial charge in [-0.2, -0.15) is 0 Å². The summed E-state index contributed by atoms with van der Waals surface area (Å²) in [5.74, 6) is 0.164. The van der Waals surface area contributed by atoms with Gasteiger partial charge in [-0.05, 0) is 48.5 Å². The molecule has 0 bridgehead atoms. The van der Waals surface area contributed by atoms with Crippen molar-refractivity contribution in [2.75, 3.05) is 12.8 Å². The summed E-state index contributed by atoms with van der Waals surface area (Å²) in [4.78, 5) is 0.373. The monoisotopic (exact) mass is 305 g/mol. The Balaban J connectivity index is 2.83. The van der Waals surface area contributed by atoms with Crippen LogP contribution in [-0.2, 0) is 9.84 Å². The van der Waals surface area contributed by atoms with Crippen molar-refractivity contribution in [1.82, 2.24) is 5.32 Å². The molecule has 1 N–H and O–H groups in total. The Morgan fingerprint density at radius 2 is 2.00 bits per heavy atom. The Hall–Kier alpha value is -0.390. The van der Waals surface area contributed by atoms with Crippen molar-refractivity contribution in [2.45, 2.75) is 24.3 Å². The second-order valence-corrected chi connectivity index (χ2v) is 6.66. The van der Waals surface area contributed by atoms with Crippen molar-refractivity contribution in [3.8, 4) is 0 Å². The summed E-state index contributed by atoms with van der Waals surface area (Å²) in [6.45, 7) is 1.97. The Labute approximate surface area is 105 Å². The minimum Gasteiger partial charge on any atom is -0.317 e. The van der Waals surface area contributed by atoms with E-state index in [-0.39, 0.29) is 11.8 Å². The standard InChI is InChI=1S/C11H16BrNO2S/c1-9(13-2)7-8-16(14,15)11-6-4-3-5-10(11)12/h3-6,9,13H,7-8H2,1-2H3. The normalized spacial score (nSPS) is 13.7. The largest absolute Gasteiger partial charge is 0.317 e. The first kappa shape index (κ1) is 13.7. The molecule has 0 aromatic heterocycles. The van der Waals surface area contributed by atoms with Gasteiger partial charge in [0.1, 0.15) is 0 Å². The highest BCUT2D eigenvalue weighted by Gasteiger charge is 2.17. The van der Waals surface area contributed by atoms with E-state index in [4.69, 9.17) is 0 Å². The predicted molar refractivity (Wildman–Crippen MR) is 69.3 cm³/mol. The average molecular weight is 306 g/mol. The van der Waals surface area contributed by atoms with E-state index in [0.29, 0.717) is 15.8 Å². The second kappa shape index (κ2) is 5.80. The van der Waals surface area contributed by atoms with Crippen LogP contribution in [0.2, 0.25) is 0 Å². The first-order chi connectivity index (χ1) is 7.47. The van der Waals surface area contributed by atoms with Crippen LogP contribution in [0.5, 0.6) is 0 Å². The number of rotatable bonds is 5. The topological polar surface area (TPSA) is 46.2 Å².